The Kier molecular flexibility index (Phi) is 5.95. The molecule has 0 radical (unpaired) electrons. The number of likely N-dealkylation sites (N-methyl/N-ethyl adjacent to an activating group) is 1. The largest absolute Gasteiger partial charge is 0.488 e. The Hall–Kier alpha value is -2.04. The molecule has 0 bridgehead atoms. The van der Waals surface area contributed by atoms with Crippen molar-refractivity contribution in [1.29, 1.82) is 0 Å². The molecule has 1 amide bonds. The minimum atomic E-state index is 0.0229. The van der Waals surface area contributed by atoms with Gasteiger partial charge in [0.2, 0.25) is 0 Å². The molecule has 1 N–H and O–H groups in total. The summed E-state index contributed by atoms with van der Waals surface area (Å²) in [5, 5.41) is 3.93. The van der Waals surface area contributed by atoms with E-state index < -0.39 is 0 Å². The monoisotopic (exact) mass is 358 g/mol. The molecule has 132 valence electrons. The van der Waals surface area contributed by atoms with Crippen LogP contribution in [-0.4, -0.2) is 37.0 Å². The number of amides is 1. The number of para-hydroxylation sites is 1. The lowest BCUT2D eigenvalue weighted by atomic mass is 10.0. The first-order valence-corrected chi connectivity index (χ1v) is 8.98. The number of benzene rings is 2. The van der Waals surface area contributed by atoms with Crippen LogP contribution in [0.2, 0.25) is 5.02 Å². The maximum absolute atomic E-state index is 13.0. The van der Waals surface area contributed by atoms with Gasteiger partial charge in [0, 0.05) is 29.7 Å². The topological polar surface area (TPSA) is 41.6 Å². The highest BCUT2D eigenvalue weighted by Gasteiger charge is 2.25. The van der Waals surface area contributed by atoms with E-state index in [0.29, 0.717) is 29.0 Å². The standard InChI is InChI=1S/C20H23ClN2O2/c1-22-16-8-6-12-23(13-16)20(24)17-9-3-5-11-19(17)25-14-15-7-2-4-10-18(15)21/h2-5,7,9-11,16,22H,6,8,12-14H2,1H3. The minimum absolute atomic E-state index is 0.0229. The van der Waals surface area contributed by atoms with Crippen molar-refractivity contribution in [1.82, 2.24) is 10.2 Å². The summed E-state index contributed by atoms with van der Waals surface area (Å²) in [6, 6.07) is 15.3. The highest BCUT2D eigenvalue weighted by atomic mass is 35.5. The lowest BCUT2D eigenvalue weighted by molar-refractivity contribution is 0.0693. The van der Waals surface area contributed by atoms with E-state index >= 15 is 0 Å². The maximum atomic E-state index is 13.0. The highest BCUT2D eigenvalue weighted by Crippen LogP contribution is 2.24. The summed E-state index contributed by atoms with van der Waals surface area (Å²) in [7, 11) is 1.94. The quantitative estimate of drug-likeness (QED) is 0.885. The van der Waals surface area contributed by atoms with Gasteiger partial charge < -0.3 is 15.0 Å². The molecule has 2 aromatic carbocycles. The first kappa shape index (κ1) is 17.8. The molecule has 0 aliphatic carbocycles. The molecule has 4 nitrogen and oxygen atoms in total. The smallest absolute Gasteiger partial charge is 0.257 e. The Labute approximate surface area is 153 Å². The Balaban J connectivity index is 1.74. The predicted molar refractivity (Wildman–Crippen MR) is 100 cm³/mol. The van der Waals surface area contributed by atoms with Gasteiger partial charge in [-0.1, -0.05) is 41.9 Å². The molecule has 2 aromatic rings. The molecule has 1 unspecified atom stereocenters. The summed E-state index contributed by atoms with van der Waals surface area (Å²) in [5.74, 6) is 0.619. The summed E-state index contributed by atoms with van der Waals surface area (Å²) < 4.78 is 5.92. The van der Waals surface area contributed by atoms with Gasteiger partial charge in [0.1, 0.15) is 12.4 Å². The normalized spacial score (nSPS) is 17.4. The number of halogens is 1. The fourth-order valence-electron chi connectivity index (χ4n) is 3.11. The second kappa shape index (κ2) is 8.37. The molecule has 0 spiro atoms. The average Bonchev–Trinajstić information content (AvgIpc) is 2.67. The molecule has 0 saturated carbocycles. The number of ether oxygens (including phenoxy) is 1. The van der Waals surface area contributed by atoms with E-state index in [1.54, 1.807) is 0 Å². The van der Waals surface area contributed by atoms with Crippen LogP contribution in [-0.2, 0) is 6.61 Å². The van der Waals surface area contributed by atoms with Crippen LogP contribution in [0.5, 0.6) is 5.75 Å². The van der Waals surface area contributed by atoms with Crippen LogP contribution < -0.4 is 10.1 Å². The van der Waals surface area contributed by atoms with Gasteiger partial charge in [-0.3, -0.25) is 4.79 Å². The Morgan fingerprint density at radius 3 is 2.80 bits per heavy atom. The van der Waals surface area contributed by atoms with Crippen molar-refractivity contribution in [2.45, 2.75) is 25.5 Å². The van der Waals surface area contributed by atoms with Crippen LogP contribution in [0.4, 0.5) is 0 Å². The molecule has 1 saturated heterocycles. The Bertz CT molecular complexity index is 735. The van der Waals surface area contributed by atoms with E-state index in [0.717, 1.165) is 31.5 Å². The molecule has 1 aliphatic rings. The van der Waals surface area contributed by atoms with E-state index in [1.807, 2.05) is 60.5 Å². The van der Waals surface area contributed by atoms with Crippen LogP contribution in [0.3, 0.4) is 0 Å². The lowest BCUT2D eigenvalue weighted by Gasteiger charge is -2.33. The number of nitrogens with one attached hydrogen (secondary N) is 1. The number of nitrogens with zero attached hydrogens (tertiary/aromatic N) is 1. The van der Waals surface area contributed by atoms with E-state index in [9.17, 15) is 4.79 Å². The van der Waals surface area contributed by atoms with Gasteiger partial charge in [-0.2, -0.15) is 0 Å². The van der Waals surface area contributed by atoms with E-state index in [4.69, 9.17) is 16.3 Å². The summed E-state index contributed by atoms with van der Waals surface area (Å²) in [6.45, 7) is 1.85. The van der Waals surface area contributed by atoms with Crippen molar-refractivity contribution < 1.29 is 9.53 Å². The zero-order chi connectivity index (χ0) is 17.6. The van der Waals surface area contributed by atoms with Gasteiger partial charge in [-0.05, 0) is 38.1 Å². The highest BCUT2D eigenvalue weighted by molar-refractivity contribution is 6.31. The molecule has 5 heteroatoms. The lowest BCUT2D eigenvalue weighted by Crippen LogP contribution is -2.47. The summed E-state index contributed by atoms with van der Waals surface area (Å²) in [5.41, 5.74) is 1.51. The molecule has 1 heterocycles. The third kappa shape index (κ3) is 4.33. The maximum Gasteiger partial charge on any atom is 0.257 e. The van der Waals surface area contributed by atoms with Crippen molar-refractivity contribution >= 4 is 17.5 Å². The number of hydrogen-bond acceptors (Lipinski definition) is 3. The molecular weight excluding hydrogens is 336 g/mol. The fourth-order valence-corrected chi connectivity index (χ4v) is 3.30. The van der Waals surface area contributed by atoms with Gasteiger partial charge in [0.05, 0.1) is 5.56 Å². The molecule has 1 atom stereocenters. The molecular formula is C20H23ClN2O2. The SMILES string of the molecule is CNC1CCCN(C(=O)c2ccccc2OCc2ccccc2Cl)C1. The molecule has 1 aliphatic heterocycles. The number of carbonyl (C=O) groups excluding carboxylic acids is 1. The molecule has 0 aromatic heterocycles. The van der Waals surface area contributed by atoms with Crippen LogP contribution in [0.15, 0.2) is 48.5 Å². The average molecular weight is 359 g/mol. The Morgan fingerprint density at radius 2 is 2.00 bits per heavy atom. The first-order valence-electron chi connectivity index (χ1n) is 8.61. The number of hydrogen-bond donors (Lipinski definition) is 1. The van der Waals surface area contributed by atoms with Crippen LogP contribution in [0, 0.1) is 0 Å². The first-order chi connectivity index (χ1) is 12.2. The van der Waals surface area contributed by atoms with E-state index in [-0.39, 0.29) is 5.91 Å². The minimum Gasteiger partial charge on any atom is -0.488 e. The van der Waals surface area contributed by atoms with Crippen LogP contribution >= 0.6 is 11.6 Å². The van der Waals surface area contributed by atoms with Crippen molar-refractivity contribution in [3.8, 4) is 5.75 Å². The molecule has 3 rings (SSSR count). The van der Waals surface area contributed by atoms with Crippen molar-refractivity contribution in [3.63, 3.8) is 0 Å². The Morgan fingerprint density at radius 1 is 1.24 bits per heavy atom. The summed E-state index contributed by atoms with van der Waals surface area (Å²) in [4.78, 5) is 14.9. The third-order valence-corrected chi connectivity index (χ3v) is 4.94. The molecule has 25 heavy (non-hydrogen) atoms. The second-order valence-electron chi connectivity index (χ2n) is 6.26. The summed E-state index contributed by atoms with van der Waals surface area (Å²) in [6.07, 6.45) is 2.12. The van der Waals surface area contributed by atoms with Gasteiger partial charge >= 0.3 is 0 Å². The van der Waals surface area contributed by atoms with Crippen molar-refractivity contribution in [2.75, 3.05) is 20.1 Å². The molecule has 1 fully saturated rings. The van der Waals surface area contributed by atoms with Crippen molar-refractivity contribution in [3.05, 3.63) is 64.7 Å². The van der Waals surface area contributed by atoms with Gasteiger partial charge in [-0.15, -0.1) is 0 Å². The van der Waals surface area contributed by atoms with E-state index in [2.05, 4.69) is 5.32 Å². The number of piperidine rings is 1. The predicted octanol–water partition coefficient (Wildman–Crippen LogP) is 3.74. The zero-order valence-electron chi connectivity index (χ0n) is 14.4. The van der Waals surface area contributed by atoms with Crippen LogP contribution in [0.1, 0.15) is 28.8 Å². The van der Waals surface area contributed by atoms with Crippen LogP contribution in [0.25, 0.3) is 0 Å². The van der Waals surface area contributed by atoms with E-state index in [1.165, 1.54) is 0 Å². The van der Waals surface area contributed by atoms with Gasteiger partial charge in [0.25, 0.3) is 5.91 Å². The van der Waals surface area contributed by atoms with Crippen molar-refractivity contribution in [2.24, 2.45) is 0 Å². The van der Waals surface area contributed by atoms with Gasteiger partial charge in [-0.25, -0.2) is 0 Å². The fraction of sp³-hybridized carbons (Fsp3) is 0.350. The summed E-state index contributed by atoms with van der Waals surface area (Å²) >= 11 is 6.18. The number of likely N-dealkylation sites (tertiary alicyclic amines) is 1. The third-order valence-electron chi connectivity index (χ3n) is 4.58. The zero-order valence-corrected chi connectivity index (χ0v) is 15.1. The van der Waals surface area contributed by atoms with Gasteiger partial charge in [0.15, 0.2) is 0 Å². The number of rotatable bonds is 5. The number of carbonyl (C=O) groups is 1. The second-order valence-corrected chi connectivity index (χ2v) is 6.66.